The van der Waals surface area contributed by atoms with Gasteiger partial charge in [0, 0.05) is 6.42 Å². The van der Waals surface area contributed by atoms with E-state index in [2.05, 4.69) is 12.0 Å². The monoisotopic (exact) mass is 119 g/mol. The number of hydrogen-bond acceptors (Lipinski definition) is 1. The summed E-state index contributed by atoms with van der Waals surface area (Å²) in [5.74, 6) is 2.54. The van der Waals surface area contributed by atoms with Crippen LogP contribution < -0.4 is 0 Å². The highest BCUT2D eigenvalue weighted by atomic mass is 14.4. The Morgan fingerprint density at radius 1 is 1.56 bits per heavy atom. The molecule has 0 bridgehead atoms. The summed E-state index contributed by atoms with van der Waals surface area (Å²) < 4.78 is 0. The largest absolute Gasteiger partial charge is 0.198 e. The second-order valence-corrected chi connectivity index (χ2v) is 2.63. The molecule has 0 radical (unpaired) electrons. The normalized spacial score (nSPS) is 21.1. The fraction of sp³-hybridized carbons (Fsp3) is 0.625. The van der Waals surface area contributed by atoms with Gasteiger partial charge in [0.15, 0.2) is 0 Å². The van der Waals surface area contributed by atoms with E-state index in [0.29, 0.717) is 6.42 Å². The van der Waals surface area contributed by atoms with Crippen LogP contribution in [0.3, 0.4) is 0 Å². The van der Waals surface area contributed by atoms with Gasteiger partial charge in [0.2, 0.25) is 0 Å². The molecular weight excluding hydrogens is 110 g/mol. The van der Waals surface area contributed by atoms with E-state index in [9.17, 15) is 0 Å². The molecule has 9 heavy (non-hydrogen) atoms. The Hall–Kier alpha value is -0.950. The van der Waals surface area contributed by atoms with E-state index in [1.807, 2.05) is 0 Å². The Labute approximate surface area is 55.7 Å². The average Bonchev–Trinajstić information content (AvgIpc) is 1.79. The Kier molecular flexibility index (Phi) is 1.45. The molecule has 1 fully saturated rings. The van der Waals surface area contributed by atoms with Crippen LogP contribution in [0.2, 0.25) is 0 Å². The van der Waals surface area contributed by atoms with Gasteiger partial charge in [-0.25, -0.2) is 0 Å². The zero-order valence-electron chi connectivity index (χ0n) is 5.35. The number of nitriles is 1. The highest BCUT2D eigenvalue weighted by Gasteiger charge is 2.35. The number of rotatable bonds is 1. The molecule has 1 saturated carbocycles. The topological polar surface area (TPSA) is 23.8 Å². The molecule has 1 heteroatoms. The second-order valence-electron chi connectivity index (χ2n) is 2.63. The van der Waals surface area contributed by atoms with Gasteiger partial charge < -0.3 is 0 Å². The minimum absolute atomic E-state index is 0.116. The highest BCUT2D eigenvalue weighted by Crippen LogP contribution is 2.42. The highest BCUT2D eigenvalue weighted by molar-refractivity contribution is 5.10. The Morgan fingerprint density at radius 3 is 2.33 bits per heavy atom. The van der Waals surface area contributed by atoms with Crippen molar-refractivity contribution in [2.75, 3.05) is 0 Å². The van der Waals surface area contributed by atoms with Crippen molar-refractivity contribution in [3.8, 4) is 18.4 Å². The van der Waals surface area contributed by atoms with Crippen molar-refractivity contribution in [1.29, 1.82) is 5.26 Å². The first kappa shape index (κ1) is 6.17. The fourth-order valence-electron chi connectivity index (χ4n) is 1.13. The third-order valence-electron chi connectivity index (χ3n) is 1.99. The Balaban J connectivity index is 2.52. The third-order valence-corrected chi connectivity index (χ3v) is 1.99. The number of terminal acetylenes is 1. The van der Waals surface area contributed by atoms with Gasteiger partial charge in [-0.3, -0.25) is 0 Å². The molecule has 0 aliphatic heterocycles. The molecule has 1 aliphatic carbocycles. The third kappa shape index (κ3) is 0.911. The van der Waals surface area contributed by atoms with Crippen molar-refractivity contribution in [1.82, 2.24) is 0 Å². The summed E-state index contributed by atoms with van der Waals surface area (Å²) >= 11 is 0. The van der Waals surface area contributed by atoms with Gasteiger partial charge in [0.1, 0.15) is 0 Å². The van der Waals surface area contributed by atoms with Gasteiger partial charge in [0.05, 0.1) is 11.5 Å². The summed E-state index contributed by atoms with van der Waals surface area (Å²) in [4.78, 5) is 0. The predicted molar refractivity (Wildman–Crippen MR) is 35.3 cm³/mol. The number of hydrogen-bond donors (Lipinski definition) is 0. The molecule has 0 saturated heterocycles. The smallest absolute Gasteiger partial charge is 0.0699 e. The van der Waals surface area contributed by atoms with Gasteiger partial charge in [-0.15, -0.1) is 12.3 Å². The maximum absolute atomic E-state index is 8.62. The lowest BCUT2D eigenvalue weighted by atomic mass is 9.68. The maximum Gasteiger partial charge on any atom is 0.0699 e. The van der Waals surface area contributed by atoms with Gasteiger partial charge in [-0.2, -0.15) is 5.26 Å². The lowest BCUT2D eigenvalue weighted by Crippen LogP contribution is -2.26. The molecule has 0 N–H and O–H groups in total. The van der Waals surface area contributed by atoms with Gasteiger partial charge >= 0.3 is 0 Å². The number of nitrogens with zero attached hydrogens (tertiary/aromatic N) is 1. The van der Waals surface area contributed by atoms with E-state index < -0.39 is 0 Å². The van der Waals surface area contributed by atoms with Crippen LogP contribution in [0.25, 0.3) is 0 Å². The van der Waals surface area contributed by atoms with Gasteiger partial charge in [-0.1, -0.05) is 6.42 Å². The maximum atomic E-state index is 8.62. The SMILES string of the molecule is C#CCC1(C#N)CCC1. The van der Waals surface area contributed by atoms with Crippen LogP contribution in [0.4, 0.5) is 0 Å². The molecule has 0 amide bonds. The minimum atomic E-state index is -0.116. The Bertz CT molecular complexity index is 176. The average molecular weight is 119 g/mol. The molecule has 0 atom stereocenters. The Morgan fingerprint density at radius 2 is 2.22 bits per heavy atom. The molecule has 0 heterocycles. The van der Waals surface area contributed by atoms with Crippen molar-refractivity contribution < 1.29 is 0 Å². The molecule has 0 aromatic heterocycles. The molecule has 0 aromatic carbocycles. The van der Waals surface area contributed by atoms with E-state index in [4.69, 9.17) is 11.7 Å². The van der Waals surface area contributed by atoms with E-state index in [1.165, 1.54) is 6.42 Å². The quantitative estimate of drug-likeness (QED) is 0.482. The zero-order chi connectivity index (χ0) is 6.74. The molecule has 1 aliphatic rings. The summed E-state index contributed by atoms with van der Waals surface area (Å²) in [5.41, 5.74) is -0.116. The van der Waals surface area contributed by atoms with Crippen LogP contribution in [0, 0.1) is 29.1 Å². The molecule has 46 valence electrons. The first-order chi connectivity index (χ1) is 4.33. The molecular formula is C8H9N. The standard InChI is InChI=1S/C8H9N/c1-2-4-8(7-9)5-3-6-8/h1H,3-6H2. The summed E-state index contributed by atoms with van der Waals surface area (Å²) in [6.07, 6.45) is 8.93. The first-order valence-corrected chi connectivity index (χ1v) is 3.18. The summed E-state index contributed by atoms with van der Waals surface area (Å²) in [7, 11) is 0. The lowest BCUT2D eigenvalue weighted by molar-refractivity contribution is 0.222. The first-order valence-electron chi connectivity index (χ1n) is 3.18. The molecule has 0 aromatic rings. The van der Waals surface area contributed by atoms with Crippen LogP contribution in [0.1, 0.15) is 25.7 Å². The molecule has 1 nitrogen and oxygen atoms in total. The summed E-state index contributed by atoms with van der Waals surface area (Å²) in [6, 6.07) is 2.27. The fourth-order valence-corrected chi connectivity index (χ4v) is 1.13. The van der Waals surface area contributed by atoms with Gasteiger partial charge in [-0.05, 0) is 12.8 Å². The van der Waals surface area contributed by atoms with E-state index in [0.717, 1.165) is 12.8 Å². The molecule has 0 spiro atoms. The van der Waals surface area contributed by atoms with E-state index in [-0.39, 0.29) is 5.41 Å². The summed E-state index contributed by atoms with van der Waals surface area (Å²) in [6.45, 7) is 0. The summed E-state index contributed by atoms with van der Waals surface area (Å²) in [5, 5.41) is 8.62. The van der Waals surface area contributed by atoms with Crippen LogP contribution >= 0.6 is 0 Å². The van der Waals surface area contributed by atoms with Gasteiger partial charge in [0.25, 0.3) is 0 Å². The predicted octanol–water partition coefficient (Wildman–Crippen LogP) is 1.70. The van der Waals surface area contributed by atoms with Crippen molar-refractivity contribution in [3.63, 3.8) is 0 Å². The van der Waals surface area contributed by atoms with Crippen LogP contribution in [0.15, 0.2) is 0 Å². The van der Waals surface area contributed by atoms with Crippen molar-refractivity contribution in [2.24, 2.45) is 5.41 Å². The molecule has 0 unspecified atom stereocenters. The van der Waals surface area contributed by atoms with Crippen molar-refractivity contribution in [3.05, 3.63) is 0 Å². The van der Waals surface area contributed by atoms with E-state index in [1.54, 1.807) is 0 Å². The lowest BCUT2D eigenvalue weighted by Gasteiger charge is -2.33. The van der Waals surface area contributed by atoms with Crippen LogP contribution in [-0.4, -0.2) is 0 Å². The van der Waals surface area contributed by atoms with E-state index >= 15 is 0 Å². The van der Waals surface area contributed by atoms with Crippen LogP contribution in [-0.2, 0) is 0 Å². The minimum Gasteiger partial charge on any atom is -0.198 e. The zero-order valence-corrected chi connectivity index (χ0v) is 5.35. The second kappa shape index (κ2) is 2.11. The molecule has 1 rings (SSSR count). The van der Waals surface area contributed by atoms with Crippen LogP contribution in [0.5, 0.6) is 0 Å². The van der Waals surface area contributed by atoms with Crippen molar-refractivity contribution >= 4 is 0 Å². The van der Waals surface area contributed by atoms with Crippen molar-refractivity contribution in [2.45, 2.75) is 25.7 Å².